The molecule has 2 N–H and O–H groups in total. The van der Waals surface area contributed by atoms with Gasteiger partial charge in [-0.15, -0.1) is 10.2 Å². The molecule has 2 aromatic heterocycles. The van der Waals surface area contributed by atoms with Crippen molar-refractivity contribution in [2.45, 2.75) is 13.3 Å². The van der Waals surface area contributed by atoms with E-state index in [0.29, 0.717) is 28.7 Å². The molecule has 2 heterocycles. The molecule has 0 bridgehead atoms. The summed E-state index contributed by atoms with van der Waals surface area (Å²) >= 11 is 0. The summed E-state index contributed by atoms with van der Waals surface area (Å²) in [6.07, 6.45) is 2.58. The van der Waals surface area contributed by atoms with Crippen LogP contribution in [0.15, 0.2) is 66.9 Å². The van der Waals surface area contributed by atoms with Gasteiger partial charge in [0.25, 0.3) is 0 Å². The van der Waals surface area contributed by atoms with Crippen LogP contribution in [0.25, 0.3) is 11.5 Å². The largest absolute Gasteiger partial charge is 0.457 e. The summed E-state index contributed by atoms with van der Waals surface area (Å²) in [6, 6.07) is 18.0. The Labute approximate surface area is 179 Å². The van der Waals surface area contributed by atoms with Crippen LogP contribution in [0.1, 0.15) is 12.5 Å². The van der Waals surface area contributed by atoms with Gasteiger partial charge in [-0.25, -0.2) is 4.79 Å². The van der Waals surface area contributed by atoms with Crippen molar-refractivity contribution < 1.29 is 9.53 Å². The number of tetrazole rings is 1. The maximum absolute atomic E-state index is 12.2. The van der Waals surface area contributed by atoms with Gasteiger partial charge in [0.15, 0.2) is 0 Å². The molecule has 156 valence electrons. The summed E-state index contributed by atoms with van der Waals surface area (Å²) in [4.78, 5) is 17.8. The Morgan fingerprint density at radius 2 is 1.65 bits per heavy atom. The van der Waals surface area contributed by atoms with E-state index in [1.54, 1.807) is 49.6 Å². The smallest absolute Gasteiger partial charge is 0.323 e. The molecule has 0 aliphatic carbocycles. The second-order valence-electron chi connectivity index (χ2n) is 6.74. The lowest BCUT2D eigenvalue weighted by Crippen LogP contribution is -2.19. The van der Waals surface area contributed by atoms with Crippen LogP contribution in [0, 0.1) is 0 Å². The van der Waals surface area contributed by atoms with E-state index in [0.717, 1.165) is 12.1 Å². The minimum atomic E-state index is -0.312. The van der Waals surface area contributed by atoms with E-state index >= 15 is 0 Å². The molecule has 9 heteroatoms. The van der Waals surface area contributed by atoms with Gasteiger partial charge in [-0.1, -0.05) is 19.1 Å². The van der Waals surface area contributed by atoms with E-state index in [1.165, 1.54) is 10.4 Å². The number of aryl methyl sites for hydroxylation is 2. The van der Waals surface area contributed by atoms with Gasteiger partial charge >= 0.3 is 6.03 Å². The van der Waals surface area contributed by atoms with Crippen LogP contribution in [0.5, 0.6) is 11.5 Å². The lowest BCUT2D eigenvalue weighted by molar-refractivity contribution is 0.262. The zero-order chi connectivity index (χ0) is 21.6. The summed E-state index contributed by atoms with van der Waals surface area (Å²) < 4.78 is 5.87. The number of urea groups is 1. The summed E-state index contributed by atoms with van der Waals surface area (Å²) in [5.74, 6) is 1.62. The molecule has 2 aromatic carbocycles. The van der Waals surface area contributed by atoms with Crippen LogP contribution in [0.4, 0.5) is 16.2 Å². The number of ether oxygens (including phenoxy) is 1. The number of benzene rings is 2. The topological polar surface area (TPSA) is 107 Å². The van der Waals surface area contributed by atoms with Crippen LogP contribution in [-0.2, 0) is 13.5 Å². The van der Waals surface area contributed by atoms with Crippen molar-refractivity contribution in [3.05, 3.63) is 72.4 Å². The second-order valence-corrected chi connectivity index (χ2v) is 6.74. The Morgan fingerprint density at radius 3 is 2.26 bits per heavy atom. The predicted molar refractivity (Wildman–Crippen MR) is 117 cm³/mol. The number of rotatable bonds is 6. The van der Waals surface area contributed by atoms with E-state index in [4.69, 9.17) is 4.74 Å². The molecule has 9 nitrogen and oxygen atoms in total. The van der Waals surface area contributed by atoms with Gasteiger partial charge in [0.1, 0.15) is 17.2 Å². The van der Waals surface area contributed by atoms with E-state index < -0.39 is 0 Å². The van der Waals surface area contributed by atoms with E-state index in [2.05, 4.69) is 38.0 Å². The molecular weight excluding hydrogens is 394 g/mol. The first-order valence-electron chi connectivity index (χ1n) is 9.74. The first-order valence-corrected chi connectivity index (χ1v) is 9.74. The molecular formula is C22H21N7O2. The minimum absolute atomic E-state index is 0.312. The van der Waals surface area contributed by atoms with Gasteiger partial charge in [-0.3, -0.25) is 4.98 Å². The lowest BCUT2D eigenvalue weighted by atomic mass is 10.1. The van der Waals surface area contributed by atoms with Crippen molar-refractivity contribution in [1.29, 1.82) is 0 Å². The molecule has 0 unspecified atom stereocenters. The van der Waals surface area contributed by atoms with E-state index in [9.17, 15) is 4.79 Å². The van der Waals surface area contributed by atoms with Crippen LogP contribution in [-0.4, -0.2) is 31.2 Å². The minimum Gasteiger partial charge on any atom is -0.457 e. The molecule has 0 radical (unpaired) electrons. The number of anilines is 2. The maximum atomic E-state index is 12.2. The Bertz CT molecular complexity index is 1170. The fraction of sp³-hybridized carbons (Fsp3) is 0.136. The zero-order valence-electron chi connectivity index (χ0n) is 17.1. The van der Waals surface area contributed by atoms with E-state index in [-0.39, 0.29) is 6.03 Å². The van der Waals surface area contributed by atoms with Crippen LogP contribution in [0.2, 0.25) is 0 Å². The molecule has 0 atom stereocenters. The molecule has 0 spiro atoms. The van der Waals surface area contributed by atoms with Crippen molar-refractivity contribution in [2.24, 2.45) is 7.05 Å². The SMILES string of the molecule is CCc1ccc(NC(=O)Nc2ccc(Oc3ccnc(-c4nnn(C)n4)c3)cc2)cc1. The molecule has 0 saturated carbocycles. The number of pyridine rings is 1. The third-order valence-corrected chi connectivity index (χ3v) is 4.44. The summed E-state index contributed by atoms with van der Waals surface area (Å²) in [5, 5.41) is 17.5. The third kappa shape index (κ3) is 5.21. The monoisotopic (exact) mass is 415 g/mol. The van der Waals surface area contributed by atoms with E-state index in [1.807, 2.05) is 24.3 Å². The molecule has 4 rings (SSSR count). The maximum Gasteiger partial charge on any atom is 0.323 e. The molecule has 0 aliphatic heterocycles. The Morgan fingerprint density at radius 1 is 0.968 bits per heavy atom. The number of amides is 2. The van der Waals surface area contributed by atoms with Crippen LogP contribution < -0.4 is 15.4 Å². The highest BCUT2D eigenvalue weighted by Gasteiger charge is 2.08. The molecule has 0 aliphatic rings. The van der Waals surface area contributed by atoms with Gasteiger partial charge in [0.2, 0.25) is 5.82 Å². The normalized spacial score (nSPS) is 10.5. The Kier molecular flexibility index (Phi) is 5.84. The second kappa shape index (κ2) is 9.04. The quantitative estimate of drug-likeness (QED) is 0.487. The Balaban J connectivity index is 1.36. The predicted octanol–water partition coefficient (Wildman–Crippen LogP) is 4.27. The average molecular weight is 415 g/mol. The number of nitrogens with one attached hydrogen (secondary N) is 2. The fourth-order valence-corrected chi connectivity index (χ4v) is 2.84. The molecule has 0 fully saturated rings. The van der Waals surface area contributed by atoms with Crippen LogP contribution >= 0.6 is 0 Å². The van der Waals surface area contributed by atoms with Crippen molar-refractivity contribution in [1.82, 2.24) is 25.2 Å². The summed E-state index contributed by atoms with van der Waals surface area (Å²) in [6.45, 7) is 2.09. The van der Waals surface area contributed by atoms with Gasteiger partial charge in [-0.05, 0) is 59.7 Å². The first-order chi connectivity index (χ1) is 15.1. The number of carbonyl (C=O) groups excluding carboxylic acids is 1. The zero-order valence-corrected chi connectivity index (χ0v) is 17.1. The Hall–Kier alpha value is -4.27. The highest BCUT2D eigenvalue weighted by Crippen LogP contribution is 2.25. The van der Waals surface area contributed by atoms with Crippen molar-refractivity contribution >= 4 is 17.4 Å². The number of hydrogen-bond acceptors (Lipinski definition) is 6. The first kappa shape index (κ1) is 20.0. The standard InChI is InChI=1S/C22H21N7O2/c1-3-15-4-6-16(7-5-15)24-22(30)25-17-8-10-18(11-9-17)31-19-12-13-23-20(14-19)21-26-28-29(2)27-21/h4-14H,3H2,1-2H3,(H2,24,25,30). The molecule has 4 aromatic rings. The molecule has 31 heavy (non-hydrogen) atoms. The van der Waals surface area contributed by atoms with Gasteiger partial charge in [0.05, 0.1) is 7.05 Å². The lowest BCUT2D eigenvalue weighted by Gasteiger charge is -2.10. The van der Waals surface area contributed by atoms with Crippen molar-refractivity contribution in [3.8, 4) is 23.0 Å². The van der Waals surface area contributed by atoms with Crippen LogP contribution in [0.3, 0.4) is 0 Å². The van der Waals surface area contributed by atoms with Gasteiger partial charge in [0, 0.05) is 23.6 Å². The van der Waals surface area contributed by atoms with Crippen molar-refractivity contribution in [3.63, 3.8) is 0 Å². The number of hydrogen-bond donors (Lipinski definition) is 2. The number of nitrogens with zero attached hydrogens (tertiary/aromatic N) is 5. The molecule has 0 saturated heterocycles. The number of carbonyl (C=O) groups is 1. The molecule has 2 amide bonds. The fourth-order valence-electron chi connectivity index (χ4n) is 2.84. The highest BCUT2D eigenvalue weighted by atomic mass is 16.5. The average Bonchev–Trinajstić information content (AvgIpc) is 3.22. The number of aromatic nitrogens is 5. The van der Waals surface area contributed by atoms with Gasteiger partial charge in [-0.2, -0.15) is 4.80 Å². The summed E-state index contributed by atoms with van der Waals surface area (Å²) in [7, 11) is 1.69. The highest BCUT2D eigenvalue weighted by molar-refractivity contribution is 5.99. The summed E-state index contributed by atoms with van der Waals surface area (Å²) in [5.41, 5.74) is 3.17. The third-order valence-electron chi connectivity index (χ3n) is 4.44. The van der Waals surface area contributed by atoms with Crippen molar-refractivity contribution in [2.75, 3.05) is 10.6 Å². The van der Waals surface area contributed by atoms with Gasteiger partial charge < -0.3 is 15.4 Å².